The molecule has 4 nitrogen and oxygen atoms in total. The Kier molecular flexibility index (Phi) is 2.54. The average molecular weight is 246 g/mol. The van der Waals surface area contributed by atoms with E-state index in [4.69, 9.17) is 9.31 Å². The third kappa shape index (κ3) is 1.95. The summed E-state index contributed by atoms with van der Waals surface area (Å²) in [6, 6.07) is 1.88. The number of hydrogen-bond donors (Lipinski definition) is 0. The molecule has 18 heavy (non-hydrogen) atoms. The van der Waals surface area contributed by atoms with Crippen LogP contribution in [0.5, 0.6) is 0 Å². The molecule has 1 aliphatic carbocycles. The zero-order chi connectivity index (χ0) is 13.0. The Labute approximate surface area is 108 Å². The summed E-state index contributed by atoms with van der Waals surface area (Å²) in [5.41, 5.74) is 0.204. The van der Waals surface area contributed by atoms with Crippen molar-refractivity contribution < 1.29 is 9.31 Å². The fourth-order valence-corrected chi connectivity index (χ4v) is 2.02. The smallest absolute Gasteiger partial charge is 0.398 e. The van der Waals surface area contributed by atoms with Crippen molar-refractivity contribution in [2.75, 3.05) is 0 Å². The quantitative estimate of drug-likeness (QED) is 0.744. The summed E-state index contributed by atoms with van der Waals surface area (Å²) < 4.78 is 12.0. The fraction of sp³-hybridized carbons (Fsp3) is 0.692. The van der Waals surface area contributed by atoms with Gasteiger partial charge in [0.25, 0.3) is 0 Å². The highest BCUT2D eigenvalue weighted by molar-refractivity contribution is 6.61. The monoisotopic (exact) mass is 246 g/mol. The molecule has 2 heterocycles. The van der Waals surface area contributed by atoms with E-state index in [1.54, 1.807) is 6.20 Å². The molecule has 0 N–H and O–H groups in total. The van der Waals surface area contributed by atoms with Gasteiger partial charge in [0, 0.05) is 12.1 Å². The lowest BCUT2D eigenvalue weighted by molar-refractivity contribution is 0.00578. The molecule has 1 saturated carbocycles. The molecule has 5 heteroatoms. The molecule has 2 fully saturated rings. The molecule has 0 aromatic carbocycles. The summed E-state index contributed by atoms with van der Waals surface area (Å²) in [6.07, 6.45) is 4.21. The van der Waals surface area contributed by atoms with Crippen LogP contribution in [0.1, 0.15) is 52.3 Å². The molecule has 0 spiro atoms. The highest BCUT2D eigenvalue weighted by Gasteiger charge is 2.52. The Morgan fingerprint density at radius 3 is 2.33 bits per heavy atom. The van der Waals surface area contributed by atoms with Crippen LogP contribution in [0.15, 0.2) is 12.3 Å². The van der Waals surface area contributed by atoms with E-state index in [2.05, 4.69) is 37.7 Å². The van der Waals surface area contributed by atoms with Gasteiger partial charge >= 0.3 is 7.12 Å². The lowest BCUT2D eigenvalue weighted by Crippen LogP contribution is -2.41. The Bertz CT molecular complexity index is 456. The van der Waals surface area contributed by atoms with Gasteiger partial charge in [0.15, 0.2) is 0 Å². The van der Waals surface area contributed by atoms with Crippen molar-refractivity contribution in [3.8, 4) is 0 Å². The van der Waals surface area contributed by atoms with Gasteiger partial charge in [-0.05, 0) is 46.6 Å². The van der Waals surface area contributed by atoms with E-state index >= 15 is 0 Å². The Morgan fingerprint density at radius 1 is 1.17 bits per heavy atom. The molecule has 1 aliphatic heterocycles. The first kappa shape index (κ1) is 12.1. The minimum Gasteiger partial charge on any atom is -0.398 e. The van der Waals surface area contributed by atoms with Crippen LogP contribution in [0.2, 0.25) is 0 Å². The van der Waals surface area contributed by atoms with Gasteiger partial charge in [-0.15, -0.1) is 0 Å². The highest BCUT2D eigenvalue weighted by Crippen LogP contribution is 2.38. The molecule has 0 atom stereocenters. The van der Waals surface area contributed by atoms with Crippen LogP contribution in [0.3, 0.4) is 0 Å². The van der Waals surface area contributed by atoms with E-state index in [9.17, 15) is 0 Å². The molecule has 0 radical (unpaired) electrons. The lowest BCUT2D eigenvalue weighted by Gasteiger charge is -2.32. The van der Waals surface area contributed by atoms with Gasteiger partial charge in [-0.3, -0.25) is 0 Å². The van der Waals surface area contributed by atoms with Gasteiger partial charge in [0.2, 0.25) is 0 Å². The summed E-state index contributed by atoms with van der Waals surface area (Å²) in [5, 5.41) is 0. The van der Waals surface area contributed by atoms with Gasteiger partial charge in [-0.1, -0.05) is 0 Å². The number of aromatic nitrogens is 2. The zero-order valence-corrected chi connectivity index (χ0v) is 11.4. The summed E-state index contributed by atoms with van der Waals surface area (Å²) in [4.78, 5) is 8.91. The number of hydrogen-bond acceptors (Lipinski definition) is 4. The second-order valence-corrected chi connectivity index (χ2v) is 6.20. The minimum absolute atomic E-state index is 0.317. The molecule has 1 saturated heterocycles. The first-order valence-electron chi connectivity index (χ1n) is 6.57. The van der Waals surface area contributed by atoms with E-state index < -0.39 is 0 Å². The van der Waals surface area contributed by atoms with Gasteiger partial charge in [-0.25, -0.2) is 9.97 Å². The maximum absolute atomic E-state index is 5.99. The lowest BCUT2D eigenvalue weighted by atomic mass is 9.84. The van der Waals surface area contributed by atoms with E-state index in [1.807, 2.05) is 6.07 Å². The van der Waals surface area contributed by atoms with Crippen molar-refractivity contribution in [3.05, 3.63) is 18.1 Å². The highest BCUT2D eigenvalue weighted by atomic mass is 16.7. The predicted octanol–water partition coefficient (Wildman–Crippen LogP) is 1.65. The molecule has 3 rings (SSSR count). The number of rotatable bonds is 2. The summed E-state index contributed by atoms with van der Waals surface area (Å²) in [5.74, 6) is 1.48. The Hall–Kier alpha value is -0.935. The second-order valence-electron chi connectivity index (χ2n) is 6.20. The molecule has 0 amide bonds. The normalized spacial score (nSPS) is 25.4. The van der Waals surface area contributed by atoms with Crippen molar-refractivity contribution in [2.24, 2.45) is 0 Å². The summed E-state index contributed by atoms with van der Waals surface area (Å²) in [6.45, 7) is 8.21. The molecule has 96 valence electrons. The van der Waals surface area contributed by atoms with E-state index in [0.29, 0.717) is 5.92 Å². The van der Waals surface area contributed by atoms with Crippen LogP contribution in [0, 0.1) is 0 Å². The topological polar surface area (TPSA) is 44.2 Å². The Morgan fingerprint density at radius 2 is 1.78 bits per heavy atom. The van der Waals surface area contributed by atoms with Crippen molar-refractivity contribution >= 4 is 12.7 Å². The molecule has 0 unspecified atom stereocenters. The van der Waals surface area contributed by atoms with Crippen LogP contribution >= 0.6 is 0 Å². The standard InChI is InChI=1S/C13H19BN2O2/c1-12(2)13(3,4)18-14(17-12)10-7-8-15-11(16-10)9-5-6-9/h7-9H,5-6H2,1-4H3. The molecular weight excluding hydrogens is 227 g/mol. The molecule has 0 bridgehead atoms. The summed E-state index contributed by atoms with van der Waals surface area (Å²) in [7, 11) is -0.379. The van der Waals surface area contributed by atoms with Crippen molar-refractivity contribution in [2.45, 2.75) is 57.7 Å². The predicted molar refractivity (Wildman–Crippen MR) is 69.7 cm³/mol. The van der Waals surface area contributed by atoms with E-state index in [0.717, 1.165) is 11.4 Å². The van der Waals surface area contributed by atoms with Gasteiger partial charge in [0.05, 0.1) is 16.8 Å². The zero-order valence-electron chi connectivity index (χ0n) is 11.4. The van der Waals surface area contributed by atoms with Gasteiger partial charge < -0.3 is 9.31 Å². The maximum Gasteiger partial charge on any atom is 0.514 e. The van der Waals surface area contributed by atoms with Gasteiger partial charge in [-0.2, -0.15) is 0 Å². The molecule has 1 aromatic rings. The largest absolute Gasteiger partial charge is 0.514 e. The maximum atomic E-state index is 5.99. The van der Waals surface area contributed by atoms with Crippen LogP contribution < -0.4 is 5.59 Å². The SMILES string of the molecule is CC1(C)OB(c2ccnc(C3CC3)n2)OC1(C)C. The molecule has 2 aliphatic rings. The van der Waals surface area contributed by atoms with Gasteiger partial charge in [0.1, 0.15) is 5.82 Å². The fourth-order valence-electron chi connectivity index (χ4n) is 2.02. The van der Waals surface area contributed by atoms with Crippen molar-refractivity contribution in [1.29, 1.82) is 0 Å². The molecule has 1 aromatic heterocycles. The third-order valence-corrected chi connectivity index (χ3v) is 4.13. The van der Waals surface area contributed by atoms with Crippen molar-refractivity contribution in [3.63, 3.8) is 0 Å². The van der Waals surface area contributed by atoms with Crippen molar-refractivity contribution in [1.82, 2.24) is 9.97 Å². The Balaban J connectivity index is 1.86. The first-order valence-corrected chi connectivity index (χ1v) is 6.57. The average Bonchev–Trinajstić information content (AvgIpc) is 3.08. The molecular formula is C13H19BN2O2. The number of nitrogens with zero attached hydrogens (tertiary/aromatic N) is 2. The van der Waals surface area contributed by atoms with Crippen LogP contribution in [-0.2, 0) is 9.31 Å². The van der Waals surface area contributed by atoms with Crippen LogP contribution in [0.25, 0.3) is 0 Å². The van der Waals surface area contributed by atoms with Crippen LogP contribution in [-0.4, -0.2) is 28.3 Å². The van der Waals surface area contributed by atoms with Crippen LogP contribution in [0.4, 0.5) is 0 Å². The minimum atomic E-state index is -0.379. The summed E-state index contributed by atoms with van der Waals surface area (Å²) >= 11 is 0. The first-order chi connectivity index (χ1) is 8.39. The van der Waals surface area contributed by atoms with E-state index in [-0.39, 0.29) is 18.3 Å². The second kappa shape index (κ2) is 3.78. The third-order valence-electron chi connectivity index (χ3n) is 4.13. The van der Waals surface area contributed by atoms with E-state index in [1.165, 1.54) is 12.8 Å².